The maximum absolute atomic E-state index is 13.2. The van der Waals surface area contributed by atoms with Gasteiger partial charge >= 0.3 is 0 Å². The Bertz CT molecular complexity index is 1030. The lowest BCUT2D eigenvalue weighted by atomic mass is 10.0. The molecule has 0 N–H and O–H groups in total. The van der Waals surface area contributed by atoms with Gasteiger partial charge in [0, 0.05) is 17.4 Å². The third-order valence-corrected chi connectivity index (χ3v) is 6.93. The minimum Gasteiger partial charge on any atom is -0.332 e. The van der Waals surface area contributed by atoms with Crippen LogP contribution in [-0.2, 0) is 22.8 Å². The van der Waals surface area contributed by atoms with Crippen LogP contribution in [0.4, 0.5) is 0 Å². The molecule has 0 spiro atoms. The first-order valence-corrected chi connectivity index (χ1v) is 9.97. The van der Waals surface area contributed by atoms with E-state index in [1.165, 1.54) is 11.1 Å². The van der Waals surface area contributed by atoms with E-state index in [9.17, 15) is 8.42 Å². The monoisotopic (exact) mass is 339 g/mol. The number of hydrogen-bond donors (Lipinski definition) is 0. The lowest BCUT2D eigenvalue weighted by molar-refractivity contribution is 0.581. The van der Waals surface area contributed by atoms with Crippen molar-refractivity contribution in [2.24, 2.45) is 0 Å². The number of rotatable bonds is 3. The van der Waals surface area contributed by atoms with E-state index in [0.29, 0.717) is 22.4 Å². The zero-order valence-corrected chi connectivity index (χ0v) is 14.8. The van der Waals surface area contributed by atoms with Crippen LogP contribution in [0.15, 0.2) is 58.5 Å². The van der Waals surface area contributed by atoms with E-state index in [4.69, 9.17) is 0 Å². The number of fused-ring (bicyclic) bond motifs is 2. The average molecular weight is 339 g/mol. The lowest BCUT2D eigenvalue weighted by Crippen LogP contribution is -2.09. The summed E-state index contributed by atoms with van der Waals surface area (Å²) in [6.07, 6.45) is 2.07. The van der Waals surface area contributed by atoms with Gasteiger partial charge in [0.1, 0.15) is 5.03 Å². The van der Waals surface area contributed by atoms with Crippen LogP contribution in [0.25, 0.3) is 10.9 Å². The van der Waals surface area contributed by atoms with Crippen molar-refractivity contribution in [2.75, 3.05) is 0 Å². The van der Waals surface area contributed by atoms with E-state index in [2.05, 4.69) is 6.92 Å². The van der Waals surface area contributed by atoms with Crippen molar-refractivity contribution in [1.29, 1.82) is 0 Å². The Labute approximate surface area is 142 Å². The van der Waals surface area contributed by atoms with Crippen molar-refractivity contribution in [1.82, 2.24) is 4.57 Å². The van der Waals surface area contributed by atoms with E-state index < -0.39 is 9.84 Å². The van der Waals surface area contributed by atoms with Gasteiger partial charge in [-0.15, -0.1) is 0 Å². The predicted octanol–water partition coefficient (Wildman–Crippen LogP) is 4.54. The second-order valence-corrected chi connectivity index (χ2v) is 8.49. The molecule has 1 aromatic heterocycles. The van der Waals surface area contributed by atoms with Crippen molar-refractivity contribution in [3.05, 3.63) is 59.7 Å². The molecule has 2 aromatic carbocycles. The topological polar surface area (TPSA) is 39.1 Å². The molecule has 4 heteroatoms. The molecule has 24 heavy (non-hydrogen) atoms. The van der Waals surface area contributed by atoms with Crippen molar-refractivity contribution >= 4 is 20.7 Å². The van der Waals surface area contributed by atoms with Gasteiger partial charge in [0.05, 0.1) is 4.90 Å². The van der Waals surface area contributed by atoms with Gasteiger partial charge in [-0.1, -0.05) is 31.2 Å². The molecule has 0 bridgehead atoms. The van der Waals surface area contributed by atoms with Crippen LogP contribution in [0.1, 0.15) is 37.3 Å². The van der Waals surface area contributed by atoms with E-state index in [-0.39, 0.29) is 0 Å². The fourth-order valence-corrected chi connectivity index (χ4v) is 5.41. The zero-order chi connectivity index (χ0) is 16.9. The van der Waals surface area contributed by atoms with E-state index in [1.807, 2.05) is 47.9 Å². The Morgan fingerprint density at radius 1 is 1.12 bits per heavy atom. The molecule has 0 aliphatic heterocycles. The molecule has 0 saturated carbocycles. The molecule has 3 nitrogen and oxygen atoms in total. The molecule has 1 aliphatic rings. The second-order valence-electron chi connectivity index (χ2n) is 6.59. The quantitative estimate of drug-likeness (QED) is 0.702. The minimum absolute atomic E-state index is 0.386. The Kier molecular flexibility index (Phi) is 3.53. The van der Waals surface area contributed by atoms with Crippen molar-refractivity contribution in [3.63, 3.8) is 0 Å². The standard InChI is InChI=1S/C20H21NO2S/c1-3-21-19-7-5-4-6-16(19)13-20(21)24(22,23)17-10-11-18-14(2)8-9-15(18)12-17/h4-7,10-14H,3,8-9H2,1-2H3. The van der Waals surface area contributed by atoms with E-state index in [1.54, 1.807) is 12.1 Å². The first-order chi connectivity index (χ1) is 11.5. The molecule has 0 amide bonds. The number of benzene rings is 2. The number of hydrogen-bond acceptors (Lipinski definition) is 2. The maximum Gasteiger partial charge on any atom is 0.222 e. The van der Waals surface area contributed by atoms with Gasteiger partial charge in [0.2, 0.25) is 9.84 Å². The first kappa shape index (κ1) is 15.5. The van der Waals surface area contributed by atoms with Gasteiger partial charge in [0.15, 0.2) is 0 Å². The van der Waals surface area contributed by atoms with Crippen LogP contribution in [0.5, 0.6) is 0 Å². The Hall–Kier alpha value is -2.07. The summed E-state index contributed by atoms with van der Waals surface area (Å²) < 4.78 is 28.4. The predicted molar refractivity (Wildman–Crippen MR) is 96.2 cm³/mol. The molecule has 1 aliphatic carbocycles. The number of aromatic nitrogens is 1. The molecule has 1 atom stereocenters. The highest BCUT2D eigenvalue weighted by molar-refractivity contribution is 7.91. The molecule has 0 radical (unpaired) electrons. The third-order valence-electron chi connectivity index (χ3n) is 5.17. The molecule has 124 valence electrons. The van der Waals surface area contributed by atoms with Gasteiger partial charge in [-0.25, -0.2) is 8.42 Å². The van der Waals surface area contributed by atoms with Crippen molar-refractivity contribution in [3.8, 4) is 0 Å². The van der Waals surface area contributed by atoms with E-state index >= 15 is 0 Å². The number of nitrogens with zero attached hydrogens (tertiary/aromatic N) is 1. The largest absolute Gasteiger partial charge is 0.332 e. The van der Waals surface area contributed by atoms with Gasteiger partial charge in [-0.2, -0.15) is 0 Å². The smallest absolute Gasteiger partial charge is 0.222 e. The Morgan fingerprint density at radius 2 is 1.92 bits per heavy atom. The van der Waals surface area contributed by atoms with Crippen molar-refractivity contribution in [2.45, 2.75) is 49.1 Å². The van der Waals surface area contributed by atoms with Gasteiger partial charge < -0.3 is 4.57 Å². The van der Waals surface area contributed by atoms with Crippen LogP contribution < -0.4 is 0 Å². The lowest BCUT2D eigenvalue weighted by Gasteiger charge is -2.11. The van der Waals surface area contributed by atoms with Crippen LogP contribution in [0, 0.1) is 0 Å². The van der Waals surface area contributed by atoms with Gasteiger partial charge in [0.25, 0.3) is 0 Å². The molecule has 1 heterocycles. The summed E-state index contributed by atoms with van der Waals surface area (Å²) in [5.74, 6) is 0.527. The summed E-state index contributed by atoms with van der Waals surface area (Å²) in [4.78, 5) is 0.410. The van der Waals surface area contributed by atoms with Crippen LogP contribution >= 0.6 is 0 Å². The van der Waals surface area contributed by atoms with Crippen LogP contribution in [0.2, 0.25) is 0 Å². The Morgan fingerprint density at radius 3 is 2.71 bits per heavy atom. The molecule has 4 rings (SSSR count). The third kappa shape index (κ3) is 2.20. The average Bonchev–Trinajstić information content (AvgIpc) is 3.15. The molecular weight excluding hydrogens is 318 g/mol. The highest BCUT2D eigenvalue weighted by Gasteiger charge is 2.26. The SMILES string of the molecule is CCn1c(S(=O)(=O)c2ccc3c(c2)CCC3C)cc2ccccc21. The number of sulfone groups is 1. The summed E-state index contributed by atoms with van der Waals surface area (Å²) in [5.41, 5.74) is 3.45. The normalized spacial score (nSPS) is 17.3. The molecular formula is C20H21NO2S. The summed E-state index contributed by atoms with van der Waals surface area (Å²) in [7, 11) is -3.52. The summed E-state index contributed by atoms with van der Waals surface area (Å²) in [6, 6.07) is 15.3. The molecule has 0 saturated heterocycles. The Balaban J connectivity index is 1.90. The highest BCUT2D eigenvalue weighted by atomic mass is 32.2. The summed E-state index contributed by atoms with van der Waals surface area (Å²) >= 11 is 0. The first-order valence-electron chi connectivity index (χ1n) is 8.48. The second kappa shape index (κ2) is 5.49. The zero-order valence-electron chi connectivity index (χ0n) is 14.0. The fraction of sp³-hybridized carbons (Fsp3) is 0.300. The fourth-order valence-electron chi connectivity index (χ4n) is 3.83. The maximum atomic E-state index is 13.2. The molecule has 1 unspecified atom stereocenters. The van der Waals surface area contributed by atoms with E-state index in [0.717, 1.165) is 23.7 Å². The van der Waals surface area contributed by atoms with Gasteiger partial charge in [-0.3, -0.25) is 0 Å². The number of aryl methyl sites for hydroxylation is 2. The van der Waals surface area contributed by atoms with Crippen LogP contribution in [0.3, 0.4) is 0 Å². The summed E-state index contributed by atoms with van der Waals surface area (Å²) in [6.45, 7) is 4.81. The number of para-hydroxylation sites is 1. The van der Waals surface area contributed by atoms with Crippen LogP contribution in [-0.4, -0.2) is 13.0 Å². The summed E-state index contributed by atoms with van der Waals surface area (Å²) in [5, 5.41) is 1.35. The molecule has 0 fully saturated rings. The van der Waals surface area contributed by atoms with Crippen molar-refractivity contribution < 1.29 is 8.42 Å². The molecule has 3 aromatic rings. The van der Waals surface area contributed by atoms with Gasteiger partial charge in [-0.05, 0) is 61.1 Å². The minimum atomic E-state index is -3.52. The highest BCUT2D eigenvalue weighted by Crippen LogP contribution is 2.35.